The molecule has 0 radical (unpaired) electrons. The average Bonchev–Trinajstić information content (AvgIpc) is 3.29. The first kappa shape index (κ1) is 16.5. The van der Waals surface area contributed by atoms with Crippen molar-refractivity contribution in [2.24, 2.45) is 0 Å². The number of benzene rings is 1. The van der Waals surface area contributed by atoms with E-state index < -0.39 is 0 Å². The molecule has 3 heterocycles. The maximum Gasteiger partial charge on any atom is 0.140 e. The molecular formula is C21H21N5. The highest BCUT2D eigenvalue weighted by molar-refractivity contribution is 5.55. The van der Waals surface area contributed by atoms with Crippen molar-refractivity contribution in [3.63, 3.8) is 0 Å². The van der Waals surface area contributed by atoms with E-state index in [1.165, 1.54) is 11.3 Å². The summed E-state index contributed by atoms with van der Waals surface area (Å²) in [6, 6.07) is 14.5. The second-order valence-electron chi connectivity index (χ2n) is 6.82. The quantitative estimate of drug-likeness (QED) is 0.727. The molecule has 0 spiro atoms. The van der Waals surface area contributed by atoms with Crippen molar-refractivity contribution in [1.82, 2.24) is 19.4 Å². The predicted octanol–water partition coefficient (Wildman–Crippen LogP) is 3.57. The number of pyridine rings is 1. The van der Waals surface area contributed by atoms with Gasteiger partial charge in [-0.3, -0.25) is 9.88 Å². The highest BCUT2D eigenvalue weighted by Crippen LogP contribution is 2.30. The van der Waals surface area contributed by atoms with Crippen molar-refractivity contribution in [3.8, 4) is 17.5 Å². The molecule has 5 nitrogen and oxygen atoms in total. The maximum atomic E-state index is 8.93. The predicted molar refractivity (Wildman–Crippen MR) is 100 cm³/mol. The van der Waals surface area contributed by atoms with Crippen LogP contribution in [0.1, 0.15) is 29.3 Å². The highest BCUT2D eigenvalue weighted by Gasteiger charge is 2.27. The van der Waals surface area contributed by atoms with Crippen LogP contribution in [-0.4, -0.2) is 32.5 Å². The zero-order valence-electron chi connectivity index (χ0n) is 14.8. The van der Waals surface area contributed by atoms with Gasteiger partial charge >= 0.3 is 0 Å². The largest absolute Gasteiger partial charge is 0.324 e. The van der Waals surface area contributed by atoms with Crippen LogP contribution in [0.3, 0.4) is 0 Å². The molecule has 2 aromatic heterocycles. The molecule has 5 heteroatoms. The summed E-state index contributed by atoms with van der Waals surface area (Å²) in [4.78, 5) is 11.2. The fourth-order valence-electron chi connectivity index (χ4n) is 3.73. The lowest BCUT2D eigenvalue weighted by Crippen LogP contribution is -2.21. The van der Waals surface area contributed by atoms with Crippen LogP contribution in [0.25, 0.3) is 11.4 Å². The van der Waals surface area contributed by atoms with Crippen molar-refractivity contribution in [1.29, 1.82) is 5.26 Å². The van der Waals surface area contributed by atoms with E-state index in [0.29, 0.717) is 11.6 Å². The lowest BCUT2D eigenvalue weighted by Gasteiger charge is -2.19. The highest BCUT2D eigenvalue weighted by atomic mass is 15.2. The average molecular weight is 343 g/mol. The summed E-state index contributed by atoms with van der Waals surface area (Å²) in [5, 5.41) is 8.93. The van der Waals surface area contributed by atoms with E-state index in [2.05, 4.69) is 44.6 Å². The molecule has 0 amide bonds. The Balaban J connectivity index is 1.51. The van der Waals surface area contributed by atoms with Crippen molar-refractivity contribution in [2.75, 3.05) is 13.1 Å². The van der Waals surface area contributed by atoms with Gasteiger partial charge in [0.05, 0.1) is 11.6 Å². The van der Waals surface area contributed by atoms with E-state index in [1.807, 2.05) is 42.9 Å². The lowest BCUT2D eigenvalue weighted by atomic mass is 10.1. The molecule has 130 valence electrons. The standard InChI is InChI=1S/C21H21N5/c1-16-13-24-21(19-6-9-23-10-7-19)26(16)20-8-11-25(15-20)14-18-4-2-17(12-22)3-5-18/h2-7,9-10,13,20H,8,11,14-15H2,1H3. The van der Waals surface area contributed by atoms with Crippen molar-refractivity contribution >= 4 is 0 Å². The smallest absolute Gasteiger partial charge is 0.140 e. The van der Waals surface area contributed by atoms with Crippen LogP contribution in [0, 0.1) is 18.3 Å². The Morgan fingerprint density at radius 3 is 2.65 bits per heavy atom. The van der Waals surface area contributed by atoms with Gasteiger partial charge in [-0.1, -0.05) is 12.1 Å². The van der Waals surface area contributed by atoms with Crippen LogP contribution in [0.5, 0.6) is 0 Å². The fourth-order valence-corrected chi connectivity index (χ4v) is 3.73. The molecule has 4 rings (SSSR count). The summed E-state index contributed by atoms with van der Waals surface area (Å²) in [6.45, 7) is 5.12. The third-order valence-corrected chi connectivity index (χ3v) is 5.02. The Morgan fingerprint density at radius 2 is 1.92 bits per heavy atom. The van der Waals surface area contributed by atoms with Gasteiger partial charge in [-0.05, 0) is 43.2 Å². The Bertz CT molecular complexity index is 921. The van der Waals surface area contributed by atoms with Crippen molar-refractivity contribution < 1.29 is 0 Å². The van der Waals surface area contributed by atoms with Gasteiger partial charge in [0, 0.05) is 55.5 Å². The fraction of sp³-hybridized carbons (Fsp3) is 0.286. The van der Waals surface area contributed by atoms with Crippen molar-refractivity contribution in [3.05, 3.63) is 71.8 Å². The summed E-state index contributed by atoms with van der Waals surface area (Å²) >= 11 is 0. The first-order chi connectivity index (χ1) is 12.7. The van der Waals surface area contributed by atoms with Gasteiger partial charge in [-0.15, -0.1) is 0 Å². The van der Waals surface area contributed by atoms with Gasteiger partial charge in [-0.2, -0.15) is 5.26 Å². The number of aromatic nitrogens is 3. The topological polar surface area (TPSA) is 57.7 Å². The van der Waals surface area contributed by atoms with E-state index in [9.17, 15) is 0 Å². The maximum absolute atomic E-state index is 8.93. The molecule has 1 aliphatic heterocycles. The minimum Gasteiger partial charge on any atom is -0.324 e. The minimum atomic E-state index is 0.430. The summed E-state index contributed by atoms with van der Waals surface area (Å²) in [7, 11) is 0. The van der Waals surface area contributed by atoms with E-state index in [4.69, 9.17) is 5.26 Å². The lowest BCUT2D eigenvalue weighted by molar-refractivity contribution is 0.316. The van der Waals surface area contributed by atoms with Crippen molar-refractivity contribution in [2.45, 2.75) is 25.9 Å². The van der Waals surface area contributed by atoms with E-state index >= 15 is 0 Å². The number of hydrogen-bond acceptors (Lipinski definition) is 4. The number of rotatable bonds is 4. The normalized spacial score (nSPS) is 17.3. The first-order valence-corrected chi connectivity index (χ1v) is 8.90. The molecule has 1 unspecified atom stereocenters. The number of nitrogens with zero attached hydrogens (tertiary/aromatic N) is 5. The summed E-state index contributed by atoms with van der Waals surface area (Å²) < 4.78 is 2.37. The van der Waals surface area contributed by atoms with E-state index in [0.717, 1.165) is 37.4 Å². The zero-order chi connectivity index (χ0) is 17.9. The van der Waals surface area contributed by atoms with Crippen LogP contribution < -0.4 is 0 Å². The van der Waals surface area contributed by atoms with Crippen LogP contribution in [-0.2, 0) is 6.54 Å². The Morgan fingerprint density at radius 1 is 1.15 bits per heavy atom. The summed E-state index contributed by atoms with van der Waals surface area (Å²) in [5.74, 6) is 1.02. The second kappa shape index (κ2) is 7.11. The number of imidazole rings is 1. The van der Waals surface area contributed by atoms with Gasteiger partial charge in [-0.25, -0.2) is 4.98 Å². The summed E-state index contributed by atoms with van der Waals surface area (Å²) in [5.41, 5.74) is 4.27. The molecule has 1 fully saturated rings. The monoisotopic (exact) mass is 343 g/mol. The number of likely N-dealkylation sites (tertiary alicyclic amines) is 1. The molecule has 1 saturated heterocycles. The third-order valence-electron chi connectivity index (χ3n) is 5.02. The van der Waals surface area contributed by atoms with Gasteiger partial charge in [0.25, 0.3) is 0 Å². The molecule has 0 N–H and O–H groups in total. The molecule has 0 aliphatic carbocycles. The van der Waals surface area contributed by atoms with Crippen LogP contribution >= 0.6 is 0 Å². The summed E-state index contributed by atoms with van der Waals surface area (Å²) in [6.07, 6.45) is 6.70. The number of nitriles is 1. The first-order valence-electron chi connectivity index (χ1n) is 8.90. The zero-order valence-corrected chi connectivity index (χ0v) is 14.8. The Hall–Kier alpha value is -2.97. The second-order valence-corrected chi connectivity index (χ2v) is 6.82. The van der Waals surface area contributed by atoms with Crippen LogP contribution in [0.4, 0.5) is 0 Å². The van der Waals surface area contributed by atoms with Gasteiger partial charge in [0.2, 0.25) is 0 Å². The molecule has 1 aliphatic rings. The van der Waals surface area contributed by atoms with Crippen LogP contribution in [0.2, 0.25) is 0 Å². The molecule has 0 bridgehead atoms. The van der Waals surface area contributed by atoms with Gasteiger partial charge < -0.3 is 4.57 Å². The molecular weight excluding hydrogens is 322 g/mol. The SMILES string of the molecule is Cc1cnc(-c2ccncc2)n1C1CCN(Cc2ccc(C#N)cc2)C1. The van der Waals surface area contributed by atoms with Gasteiger partial charge in [0.15, 0.2) is 0 Å². The third kappa shape index (κ3) is 3.24. The molecule has 1 atom stereocenters. The Labute approximate surface area is 153 Å². The molecule has 0 saturated carbocycles. The number of aryl methyl sites for hydroxylation is 1. The number of hydrogen-bond donors (Lipinski definition) is 0. The molecule has 26 heavy (non-hydrogen) atoms. The van der Waals surface area contributed by atoms with Gasteiger partial charge in [0.1, 0.15) is 5.82 Å². The van der Waals surface area contributed by atoms with E-state index in [1.54, 1.807) is 0 Å². The van der Waals surface area contributed by atoms with E-state index in [-0.39, 0.29) is 0 Å². The van der Waals surface area contributed by atoms with Crippen LogP contribution in [0.15, 0.2) is 55.0 Å². The molecule has 3 aromatic rings. The Kier molecular flexibility index (Phi) is 4.51. The molecule has 1 aromatic carbocycles. The minimum absolute atomic E-state index is 0.430.